The van der Waals surface area contributed by atoms with E-state index in [0.29, 0.717) is 57.2 Å². The summed E-state index contributed by atoms with van der Waals surface area (Å²) in [5.41, 5.74) is 7.23. The number of amides is 2. The van der Waals surface area contributed by atoms with Crippen LogP contribution >= 0.6 is 0 Å². The van der Waals surface area contributed by atoms with E-state index in [0.717, 1.165) is 51.6 Å². The summed E-state index contributed by atoms with van der Waals surface area (Å²) in [6, 6.07) is 19.8. The Morgan fingerprint density at radius 1 is 1.00 bits per heavy atom. The van der Waals surface area contributed by atoms with Crippen molar-refractivity contribution in [3.05, 3.63) is 89.9 Å². The van der Waals surface area contributed by atoms with Crippen molar-refractivity contribution in [3.8, 4) is 17.0 Å². The van der Waals surface area contributed by atoms with Gasteiger partial charge in [0.1, 0.15) is 17.5 Å². The summed E-state index contributed by atoms with van der Waals surface area (Å²) in [6.07, 6.45) is 3.12. The van der Waals surface area contributed by atoms with Crippen LogP contribution in [0.4, 0.5) is 32.1 Å². The maximum Gasteiger partial charge on any atom is 0.410 e. The number of anilines is 4. The predicted molar refractivity (Wildman–Crippen MR) is 209 cm³/mol. The first-order chi connectivity index (χ1) is 26.5. The van der Waals surface area contributed by atoms with E-state index in [-0.39, 0.29) is 11.8 Å². The molecule has 8 rings (SSSR count). The number of nitrogens with zero attached hydrogens (tertiary/aromatic N) is 8. The second kappa shape index (κ2) is 14.4. The van der Waals surface area contributed by atoms with Gasteiger partial charge in [0.05, 0.1) is 30.7 Å². The molecule has 1 saturated carbocycles. The fraction of sp³-hybridized carbons (Fsp3) is 0.390. The van der Waals surface area contributed by atoms with E-state index in [1.807, 2.05) is 76.5 Å². The van der Waals surface area contributed by atoms with Crippen LogP contribution in [0.2, 0.25) is 0 Å². The lowest BCUT2D eigenvalue weighted by molar-refractivity contribution is 0.0240. The average Bonchev–Trinajstić information content (AvgIpc) is 3.51. The van der Waals surface area contributed by atoms with E-state index < -0.39 is 23.7 Å². The van der Waals surface area contributed by atoms with Crippen LogP contribution in [0.15, 0.2) is 73.1 Å². The van der Waals surface area contributed by atoms with E-state index >= 15 is 0 Å². The first-order valence-electron chi connectivity index (χ1n) is 18.7. The number of hydrogen-bond acceptors (Lipinski definition) is 10. The number of halogens is 1. The monoisotopic (exact) mass is 747 g/mol. The molecule has 2 aliphatic heterocycles. The number of methoxy groups -OCH3 is 1. The van der Waals surface area contributed by atoms with Gasteiger partial charge < -0.3 is 34.4 Å². The molecule has 2 atom stereocenters. The predicted octanol–water partition coefficient (Wildman–Crippen LogP) is 6.03. The number of rotatable bonds is 9. The molecule has 0 unspecified atom stereocenters. The molecule has 1 aliphatic carbocycles. The number of benzene rings is 2. The van der Waals surface area contributed by atoms with Crippen LogP contribution in [0, 0.1) is 0 Å². The average molecular weight is 748 g/mol. The van der Waals surface area contributed by atoms with Crippen LogP contribution in [0.25, 0.3) is 16.9 Å². The zero-order valence-electron chi connectivity index (χ0n) is 31.8. The molecule has 2 amide bonds. The second-order valence-corrected chi connectivity index (χ2v) is 15.4. The second-order valence-electron chi connectivity index (χ2n) is 15.4. The van der Waals surface area contributed by atoms with Crippen molar-refractivity contribution in [1.82, 2.24) is 29.8 Å². The minimum atomic E-state index is -1.03. The summed E-state index contributed by atoms with van der Waals surface area (Å²) in [4.78, 5) is 43.8. The van der Waals surface area contributed by atoms with Gasteiger partial charge in [-0.3, -0.25) is 9.78 Å². The van der Waals surface area contributed by atoms with E-state index in [1.165, 1.54) is 6.20 Å². The minimum absolute atomic E-state index is 0.246. The molecule has 286 valence electrons. The summed E-state index contributed by atoms with van der Waals surface area (Å²) >= 11 is 0. The molecule has 5 aromatic rings. The molecule has 0 bridgehead atoms. The van der Waals surface area contributed by atoms with Crippen molar-refractivity contribution in [2.24, 2.45) is 0 Å². The highest BCUT2D eigenvalue weighted by molar-refractivity contribution is 5.94. The van der Waals surface area contributed by atoms with Crippen molar-refractivity contribution in [1.29, 1.82) is 0 Å². The number of carbonyl (C=O) groups excluding carboxylic acids is 2. The van der Waals surface area contributed by atoms with Gasteiger partial charge in [-0.1, -0.05) is 24.3 Å². The standard InChI is InChI=1S/C41H46FN9O4/c1-41(2,3)55-40(53)49-19-17-48(18-20-49)27-13-15-43-32(21-27)29-7-6-8-34-30(29)14-16-50(34)37-23-35(47(4)25-26-9-11-28(54-5)12-10-26)38-44-24-36(51(38)46-37)39(52)45-33-22-31(33)42/h6-13,15,21,23-24,31,33H,14,16-20,22,25H2,1-5H3,(H,45,52)/t31-,33+/m0/s1. The summed E-state index contributed by atoms with van der Waals surface area (Å²) in [5.74, 6) is 1.03. The molecule has 55 heavy (non-hydrogen) atoms. The third-order valence-corrected chi connectivity index (χ3v) is 10.3. The molecule has 0 radical (unpaired) electrons. The molecule has 5 heterocycles. The molecule has 13 nitrogen and oxygen atoms in total. The Labute approximate surface area is 319 Å². The van der Waals surface area contributed by atoms with Crippen molar-refractivity contribution in [2.75, 3.05) is 61.6 Å². The largest absolute Gasteiger partial charge is 0.497 e. The van der Waals surface area contributed by atoms with Gasteiger partial charge in [-0.2, -0.15) is 0 Å². The van der Waals surface area contributed by atoms with Crippen LogP contribution in [-0.2, 0) is 17.7 Å². The van der Waals surface area contributed by atoms with Gasteiger partial charge >= 0.3 is 6.09 Å². The fourth-order valence-electron chi connectivity index (χ4n) is 7.30. The van der Waals surface area contributed by atoms with Crippen LogP contribution in [-0.4, -0.2) is 101 Å². The highest BCUT2D eigenvalue weighted by Gasteiger charge is 2.39. The van der Waals surface area contributed by atoms with Crippen LogP contribution in [0.5, 0.6) is 5.75 Å². The maximum absolute atomic E-state index is 13.8. The van der Waals surface area contributed by atoms with Crippen molar-refractivity contribution >= 4 is 40.5 Å². The fourth-order valence-corrected chi connectivity index (χ4v) is 7.30. The number of hydrogen-bond donors (Lipinski definition) is 1. The number of aromatic nitrogens is 4. The summed E-state index contributed by atoms with van der Waals surface area (Å²) < 4.78 is 26.3. The van der Waals surface area contributed by atoms with Crippen LogP contribution < -0.4 is 24.8 Å². The molecular formula is C41H46FN9O4. The number of fused-ring (bicyclic) bond motifs is 2. The molecule has 2 fully saturated rings. The molecule has 14 heteroatoms. The number of alkyl halides is 1. The van der Waals surface area contributed by atoms with Gasteiger partial charge in [0.15, 0.2) is 17.2 Å². The smallest absolute Gasteiger partial charge is 0.410 e. The topological polar surface area (TPSA) is 121 Å². The zero-order valence-corrected chi connectivity index (χ0v) is 31.8. The Morgan fingerprint density at radius 3 is 2.47 bits per heavy atom. The lowest BCUT2D eigenvalue weighted by Gasteiger charge is -2.36. The number of carbonyl (C=O) groups is 2. The van der Waals surface area contributed by atoms with Crippen LogP contribution in [0.1, 0.15) is 48.8 Å². The third kappa shape index (κ3) is 7.45. The molecule has 3 aliphatic rings. The number of piperazine rings is 1. The maximum atomic E-state index is 13.8. The Hall–Kier alpha value is -5.92. The SMILES string of the molecule is COc1ccc(CN(C)c2cc(N3CCc4c(-c5cc(N6CCN(C(=O)OC(C)(C)C)CC6)ccn5)cccc43)nn3c(C(=O)N[C@@H]4C[C@@H]4F)cnc23)cc1. The van der Waals surface area contributed by atoms with Gasteiger partial charge in [-0.25, -0.2) is 18.7 Å². The third-order valence-electron chi connectivity index (χ3n) is 10.3. The Morgan fingerprint density at radius 2 is 1.76 bits per heavy atom. The molecular weight excluding hydrogens is 702 g/mol. The van der Waals surface area contributed by atoms with Crippen LogP contribution in [0.3, 0.4) is 0 Å². The molecule has 1 N–H and O–H groups in total. The zero-order chi connectivity index (χ0) is 38.4. The van der Waals surface area contributed by atoms with Gasteiger partial charge in [-0.05, 0) is 68.7 Å². The molecule has 3 aromatic heterocycles. The highest BCUT2D eigenvalue weighted by atomic mass is 19.1. The van der Waals surface area contributed by atoms with E-state index in [9.17, 15) is 14.0 Å². The quantitative estimate of drug-likeness (QED) is 0.192. The minimum Gasteiger partial charge on any atom is -0.497 e. The summed E-state index contributed by atoms with van der Waals surface area (Å²) in [7, 11) is 3.63. The molecule has 0 spiro atoms. The van der Waals surface area contributed by atoms with Crippen molar-refractivity contribution in [3.63, 3.8) is 0 Å². The lowest BCUT2D eigenvalue weighted by atomic mass is 10.0. The number of imidazole rings is 1. The van der Waals surface area contributed by atoms with Gasteiger partial charge in [0.2, 0.25) is 0 Å². The Balaban J connectivity index is 1.09. The normalized spacial score (nSPS) is 18.0. The summed E-state index contributed by atoms with van der Waals surface area (Å²) in [6.45, 7) is 9.42. The first-order valence-corrected chi connectivity index (χ1v) is 18.7. The number of ether oxygens (including phenoxy) is 2. The lowest BCUT2D eigenvalue weighted by Crippen LogP contribution is -2.50. The molecule has 1 saturated heterocycles. The summed E-state index contributed by atoms with van der Waals surface area (Å²) in [5, 5.41) is 7.78. The molecule has 2 aromatic carbocycles. The number of pyridine rings is 1. The first kappa shape index (κ1) is 36.1. The Bertz CT molecular complexity index is 2230. The Kier molecular flexibility index (Phi) is 9.43. The van der Waals surface area contributed by atoms with E-state index in [4.69, 9.17) is 19.6 Å². The van der Waals surface area contributed by atoms with Gasteiger partial charge in [-0.15, -0.1) is 5.10 Å². The number of nitrogens with one attached hydrogen (secondary N) is 1. The van der Waals surface area contributed by atoms with E-state index in [1.54, 1.807) is 16.5 Å². The van der Waals surface area contributed by atoms with Gasteiger partial charge in [0, 0.05) is 81.9 Å². The van der Waals surface area contributed by atoms with Crippen molar-refractivity contribution < 1.29 is 23.5 Å². The highest BCUT2D eigenvalue weighted by Crippen LogP contribution is 2.41. The van der Waals surface area contributed by atoms with E-state index in [2.05, 4.69) is 43.2 Å². The van der Waals surface area contributed by atoms with Gasteiger partial charge in [0.25, 0.3) is 5.91 Å². The van der Waals surface area contributed by atoms with Crippen molar-refractivity contribution in [2.45, 2.75) is 58.0 Å².